The van der Waals surface area contributed by atoms with E-state index in [-0.39, 0.29) is 6.04 Å². The van der Waals surface area contributed by atoms with Gasteiger partial charge in [0, 0.05) is 35.9 Å². The Hall–Kier alpha value is -3.53. The van der Waals surface area contributed by atoms with E-state index in [2.05, 4.69) is 78.3 Å². The first-order chi connectivity index (χ1) is 18.2. The lowest BCUT2D eigenvalue weighted by Gasteiger charge is -2.58. The van der Waals surface area contributed by atoms with E-state index in [1.165, 1.54) is 33.5 Å². The quantitative estimate of drug-likeness (QED) is 0.162. The van der Waals surface area contributed by atoms with Crippen LogP contribution in [0, 0.1) is 11.8 Å². The molecule has 3 heteroatoms. The monoisotopic (exact) mass is 485 g/mol. The zero-order valence-electron chi connectivity index (χ0n) is 21.1. The third kappa shape index (κ3) is 3.60. The predicted molar refractivity (Wildman–Crippen MR) is 152 cm³/mol. The van der Waals surface area contributed by atoms with Crippen LogP contribution in [0.3, 0.4) is 0 Å². The number of hydrogen-bond acceptors (Lipinski definition) is 2. The van der Waals surface area contributed by atoms with Crippen molar-refractivity contribution in [1.29, 1.82) is 0 Å². The summed E-state index contributed by atoms with van der Waals surface area (Å²) in [5, 5.41) is 18.4. The molecule has 3 saturated heterocycles. The lowest BCUT2D eigenvalue weighted by Crippen LogP contribution is -2.67. The highest BCUT2D eigenvalue weighted by Crippen LogP contribution is 2.49. The standard InChI is InChI=1S/C34H33N2O/c1-2-23-21-36(22-31-27-11-5-3-9-25(27)19-26-10-4-6-12-28(26)31)18-16-24(23)20-33(36)34(37)30-15-17-35-32-14-8-7-13-29(30)32/h2-15,17,19,23-24,33-34,37H,1,16,18,20-22H2/q+1/t23-,24-,33-,34+,36-/m0/s1. The molecule has 1 aromatic heterocycles. The molecule has 0 aliphatic carbocycles. The average molecular weight is 486 g/mol. The van der Waals surface area contributed by atoms with E-state index in [9.17, 15) is 5.11 Å². The van der Waals surface area contributed by atoms with Gasteiger partial charge in [-0.25, -0.2) is 0 Å². The number of fused-ring (bicyclic) bond motifs is 6. The minimum atomic E-state index is -0.539. The molecule has 4 aromatic carbocycles. The molecule has 8 rings (SSSR count). The fraction of sp³-hybridized carbons (Fsp3) is 0.265. The van der Waals surface area contributed by atoms with Crippen molar-refractivity contribution in [2.75, 3.05) is 13.1 Å². The van der Waals surface area contributed by atoms with Gasteiger partial charge in [-0.05, 0) is 51.2 Å². The number of hydrogen-bond donors (Lipinski definition) is 1. The van der Waals surface area contributed by atoms with Crippen molar-refractivity contribution in [3.8, 4) is 0 Å². The minimum Gasteiger partial charge on any atom is -0.382 e. The number of pyridine rings is 1. The summed E-state index contributed by atoms with van der Waals surface area (Å²) in [5.74, 6) is 1.09. The molecule has 184 valence electrons. The summed E-state index contributed by atoms with van der Waals surface area (Å²) in [6.07, 6.45) is 5.72. The van der Waals surface area contributed by atoms with Gasteiger partial charge in [0.15, 0.2) is 0 Å². The van der Waals surface area contributed by atoms with Gasteiger partial charge in [-0.15, -0.1) is 6.58 Å². The first-order valence-electron chi connectivity index (χ1n) is 13.6. The fourth-order valence-corrected chi connectivity index (χ4v) is 7.56. The first-order valence-corrected chi connectivity index (χ1v) is 13.6. The molecule has 2 bridgehead atoms. The van der Waals surface area contributed by atoms with Crippen LogP contribution in [0.1, 0.15) is 30.1 Å². The van der Waals surface area contributed by atoms with Crippen molar-refractivity contribution in [3.05, 3.63) is 115 Å². The van der Waals surface area contributed by atoms with Crippen LogP contribution < -0.4 is 0 Å². The maximum Gasteiger partial charge on any atom is 0.131 e. The highest BCUT2D eigenvalue weighted by atomic mass is 16.3. The Bertz CT molecular complexity index is 1580. The smallest absolute Gasteiger partial charge is 0.131 e. The van der Waals surface area contributed by atoms with Crippen molar-refractivity contribution in [2.45, 2.75) is 31.5 Å². The van der Waals surface area contributed by atoms with E-state index in [1.807, 2.05) is 30.5 Å². The van der Waals surface area contributed by atoms with Crippen LogP contribution in [-0.4, -0.2) is 33.7 Å². The number of quaternary nitrogens is 1. The Morgan fingerprint density at radius 1 is 0.919 bits per heavy atom. The number of aliphatic hydroxyl groups is 1. The predicted octanol–water partition coefficient (Wildman–Crippen LogP) is 7.19. The molecule has 0 amide bonds. The normalized spacial score (nSPS) is 26.0. The van der Waals surface area contributed by atoms with Crippen molar-refractivity contribution in [1.82, 2.24) is 4.98 Å². The van der Waals surface area contributed by atoms with E-state index >= 15 is 0 Å². The summed E-state index contributed by atoms with van der Waals surface area (Å²) >= 11 is 0. The molecule has 0 spiro atoms. The van der Waals surface area contributed by atoms with Gasteiger partial charge in [0.05, 0.1) is 18.6 Å². The zero-order chi connectivity index (χ0) is 25.0. The number of para-hydroxylation sites is 1. The Morgan fingerprint density at radius 3 is 2.32 bits per heavy atom. The molecular formula is C34H33N2O+. The highest BCUT2D eigenvalue weighted by Gasteiger charge is 2.54. The molecule has 0 radical (unpaired) electrons. The van der Waals surface area contributed by atoms with E-state index in [0.29, 0.717) is 11.8 Å². The Kier molecular flexibility index (Phi) is 5.38. The molecule has 3 fully saturated rings. The van der Waals surface area contributed by atoms with Gasteiger partial charge in [-0.2, -0.15) is 0 Å². The van der Waals surface area contributed by atoms with Gasteiger partial charge in [0.25, 0.3) is 0 Å². The number of aliphatic hydroxyl groups excluding tert-OH is 1. The summed E-state index contributed by atoms with van der Waals surface area (Å²) in [4.78, 5) is 4.57. The summed E-state index contributed by atoms with van der Waals surface area (Å²) in [5.41, 5.74) is 3.37. The van der Waals surface area contributed by atoms with Crippen LogP contribution in [0.4, 0.5) is 0 Å². The van der Waals surface area contributed by atoms with Crippen LogP contribution in [0.2, 0.25) is 0 Å². The number of rotatable bonds is 5. The maximum absolute atomic E-state index is 12.1. The third-order valence-corrected chi connectivity index (χ3v) is 9.40. The van der Waals surface area contributed by atoms with Crippen LogP contribution in [0.25, 0.3) is 32.4 Å². The van der Waals surface area contributed by atoms with Gasteiger partial charge >= 0.3 is 0 Å². The van der Waals surface area contributed by atoms with E-state index in [1.54, 1.807) is 0 Å². The summed E-state index contributed by atoms with van der Waals surface area (Å²) < 4.78 is 0.906. The molecule has 0 unspecified atom stereocenters. The molecule has 1 N–H and O–H groups in total. The molecule has 5 atom stereocenters. The number of piperidine rings is 3. The fourth-order valence-electron chi connectivity index (χ4n) is 7.56. The van der Waals surface area contributed by atoms with Crippen molar-refractivity contribution < 1.29 is 9.59 Å². The second kappa shape index (κ2) is 8.79. The average Bonchev–Trinajstić information content (AvgIpc) is 2.96. The Morgan fingerprint density at radius 2 is 1.59 bits per heavy atom. The SMILES string of the molecule is C=C[C@H]1C[N@+]2(Cc3c4ccccc4cc4ccccc34)CC[C@H]1C[C@H]2[C@H](O)c1ccnc2ccccc12. The molecule has 4 heterocycles. The number of aromatic nitrogens is 1. The van der Waals surface area contributed by atoms with Crippen LogP contribution in [-0.2, 0) is 6.54 Å². The van der Waals surface area contributed by atoms with E-state index < -0.39 is 6.10 Å². The van der Waals surface area contributed by atoms with Gasteiger partial charge in [-0.1, -0.05) is 72.8 Å². The highest BCUT2D eigenvalue weighted by molar-refractivity contribution is 6.02. The largest absolute Gasteiger partial charge is 0.382 e. The number of benzene rings is 4. The maximum atomic E-state index is 12.1. The Labute approximate surface area is 218 Å². The van der Waals surface area contributed by atoms with Gasteiger partial charge in [-0.3, -0.25) is 4.98 Å². The van der Waals surface area contributed by atoms with Gasteiger partial charge in [0.2, 0.25) is 0 Å². The second-order valence-corrected chi connectivity index (χ2v) is 11.2. The lowest BCUT2D eigenvalue weighted by atomic mass is 9.71. The van der Waals surface area contributed by atoms with Crippen molar-refractivity contribution in [2.24, 2.45) is 11.8 Å². The zero-order valence-corrected chi connectivity index (χ0v) is 21.1. The van der Waals surface area contributed by atoms with E-state index in [4.69, 9.17) is 0 Å². The Balaban J connectivity index is 1.39. The summed E-state index contributed by atoms with van der Waals surface area (Å²) in [6, 6.07) is 30.3. The summed E-state index contributed by atoms with van der Waals surface area (Å²) in [6.45, 7) is 7.28. The van der Waals surface area contributed by atoms with Crippen LogP contribution >= 0.6 is 0 Å². The molecule has 3 aliphatic heterocycles. The number of nitrogens with zero attached hydrogens (tertiary/aromatic N) is 2. The molecule has 5 aromatic rings. The molecule has 3 aliphatic rings. The van der Waals surface area contributed by atoms with Crippen molar-refractivity contribution >= 4 is 32.4 Å². The van der Waals surface area contributed by atoms with Gasteiger partial charge < -0.3 is 9.59 Å². The minimum absolute atomic E-state index is 0.137. The van der Waals surface area contributed by atoms with Gasteiger partial charge in [0.1, 0.15) is 18.7 Å². The lowest BCUT2D eigenvalue weighted by molar-refractivity contribution is -0.984. The third-order valence-electron chi connectivity index (χ3n) is 9.40. The second-order valence-electron chi connectivity index (χ2n) is 11.2. The molecule has 3 nitrogen and oxygen atoms in total. The van der Waals surface area contributed by atoms with E-state index in [0.717, 1.165) is 47.0 Å². The summed E-state index contributed by atoms with van der Waals surface area (Å²) in [7, 11) is 0. The molecule has 37 heavy (non-hydrogen) atoms. The van der Waals surface area contributed by atoms with Crippen LogP contribution in [0.15, 0.2) is 104 Å². The molecular weight excluding hydrogens is 452 g/mol. The van der Waals surface area contributed by atoms with Crippen molar-refractivity contribution in [3.63, 3.8) is 0 Å². The first kappa shape index (κ1) is 22.7. The van der Waals surface area contributed by atoms with Crippen LogP contribution in [0.5, 0.6) is 0 Å². The topological polar surface area (TPSA) is 33.1 Å². The molecule has 0 saturated carbocycles.